The van der Waals surface area contributed by atoms with Gasteiger partial charge in [0, 0.05) is 43.5 Å². The van der Waals surface area contributed by atoms with E-state index in [1.807, 2.05) is 11.8 Å². The van der Waals surface area contributed by atoms with Crippen LogP contribution in [0.3, 0.4) is 0 Å². The Balaban J connectivity index is 1.81. The maximum Gasteiger partial charge on any atom is 0.241 e. The zero-order valence-corrected chi connectivity index (χ0v) is 13.6. The van der Waals surface area contributed by atoms with Gasteiger partial charge in [0.05, 0.1) is 12.1 Å². The number of amides is 1. The number of hydrogen-bond donors (Lipinski definition) is 1. The van der Waals surface area contributed by atoms with Crippen LogP contribution in [0.4, 0.5) is 0 Å². The Kier molecular flexibility index (Phi) is 4.91. The molecule has 1 aromatic rings. The Morgan fingerprint density at radius 2 is 2.29 bits per heavy atom. The topological polar surface area (TPSA) is 37.3 Å². The molecule has 0 saturated carbocycles. The third-order valence-corrected chi connectivity index (χ3v) is 5.64. The van der Waals surface area contributed by atoms with Crippen LogP contribution < -0.4 is 5.32 Å². The van der Waals surface area contributed by atoms with Crippen LogP contribution >= 0.6 is 11.8 Å². The highest BCUT2D eigenvalue weighted by atomic mass is 32.2. The average molecular weight is 307 g/mol. The summed E-state index contributed by atoms with van der Waals surface area (Å²) in [6.07, 6.45) is 6.75. The predicted molar refractivity (Wildman–Crippen MR) is 87.5 cm³/mol. The van der Waals surface area contributed by atoms with Crippen LogP contribution in [0.25, 0.3) is 0 Å². The number of hydrogen-bond acceptors (Lipinski definition) is 3. The molecule has 0 radical (unpaired) electrons. The molecule has 0 spiro atoms. The van der Waals surface area contributed by atoms with Gasteiger partial charge in [-0.3, -0.25) is 4.79 Å². The molecular formula is C16H25N3OS. The second kappa shape index (κ2) is 6.88. The third-order valence-electron chi connectivity index (χ3n) is 4.58. The van der Waals surface area contributed by atoms with Crippen LogP contribution in [-0.2, 0) is 11.8 Å². The molecule has 0 aromatic carbocycles. The Bertz CT molecular complexity index is 482. The molecule has 0 bridgehead atoms. The summed E-state index contributed by atoms with van der Waals surface area (Å²) in [5.41, 5.74) is 1.27. The van der Waals surface area contributed by atoms with Gasteiger partial charge in [0.25, 0.3) is 0 Å². The molecule has 2 saturated heterocycles. The largest absolute Gasteiger partial charge is 0.353 e. The number of nitrogens with zero attached hydrogens (tertiary/aromatic N) is 2. The van der Waals surface area contributed by atoms with Crippen molar-refractivity contribution in [3.63, 3.8) is 0 Å². The number of thioether (sulfide) groups is 1. The molecule has 3 rings (SSSR count). The van der Waals surface area contributed by atoms with Crippen molar-refractivity contribution in [2.24, 2.45) is 7.05 Å². The zero-order valence-electron chi connectivity index (χ0n) is 12.8. The minimum absolute atomic E-state index is 0.00428. The summed E-state index contributed by atoms with van der Waals surface area (Å²) in [4.78, 5) is 15.1. The van der Waals surface area contributed by atoms with Crippen LogP contribution in [0.5, 0.6) is 0 Å². The standard InChI is InChI=1S/C16H25N3OS/c1-18-9-5-7-14(18)15-6-3-2-4-10-19(15)16(20)13-12-21-11-8-17-13/h5,7,9,13,15,17H,2-4,6,8,10-12H2,1H3. The summed E-state index contributed by atoms with van der Waals surface area (Å²) < 4.78 is 2.17. The van der Waals surface area contributed by atoms with Crippen molar-refractivity contribution >= 4 is 17.7 Å². The molecule has 1 N–H and O–H groups in total. The quantitative estimate of drug-likeness (QED) is 0.910. The number of aromatic nitrogens is 1. The van der Waals surface area contributed by atoms with Crippen molar-refractivity contribution in [3.05, 3.63) is 24.0 Å². The summed E-state index contributed by atoms with van der Waals surface area (Å²) in [5.74, 6) is 2.33. The normalized spacial score (nSPS) is 27.4. The maximum absolute atomic E-state index is 13.0. The summed E-state index contributed by atoms with van der Waals surface area (Å²) in [6, 6.07) is 4.50. The van der Waals surface area contributed by atoms with Gasteiger partial charge in [-0.1, -0.05) is 12.8 Å². The Hall–Kier alpha value is -0.940. The first-order valence-corrected chi connectivity index (χ1v) is 9.15. The number of aryl methyl sites for hydroxylation is 1. The van der Waals surface area contributed by atoms with Gasteiger partial charge in [-0.05, 0) is 25.0 Å². The number of carbonyl (C=O) groups excluding carboxylic acids is 1. The fourth-order valence-corrected chi connectivity index (χ4v) is 4.35. The summed E-state index contributed by atoms with van der Waals surface area (Å²) in [6.45, 7) is 1.85. The van der Waals surface area contributed by atoms with E-state index in [9.17, 15) is 4.79 Å². The van der Waals surface area contributed by atoms with Gasteiger partial charge in [0.2, 0.25) is 5.91 Å². The minimum atomic E-state index is 0.00428. The van der Waals surface area contributed by atoms with Gasteiger partial charge in [0.15, 0.2) is 0 Å². The second-order valence-corrected chi connectivity index (χ2v) is 7.17. The number of nitrogens with one attached hydrogen (secondary N) is 1. The first-order chi connectivity index (χ1) is 10.3. The second-order valence-electron chi connectivity index (χ2n) is 6.02. The van der Waals surface area contributed by atoms with E-state index in [4.69, 9.17) is 0 Å². The highest BCUT2D eigenvalue weighted by molar-refractivity contribution is 7.99. The third kappa shape index (κ3) is 3.29. The molecule has 2 atom stereocenters. The van der Waals surface area contributed by atoms with Crippen molar-refractivity contribution in [1.29, 1.82) is 0 Å². The number of rotatable bonds is 2. The maximum atomic E-state index is 13.0. The molecular weight excluding hydrogens is 282 g/mol. The van der Waals surface area contributed by atoms with Gasteiger partial charge in [-0.15, -0.1) is 0 Å². The van der Waals surface area contributed by atoms with Crippen molar-refractivity contribution in [2.45, 2.75) is 37.8 Å². The van der Waals surface area contributed by atoms with Gasteiger partial charge >= 0.3 is 0 Å². The van der Waals surface area contributed by atoms with Gasteiger partial charge in [-0.2, -0.15) is 11.8 Å². The highest BCUT2D eigenvalue weighted by Gasteiger charge is 2.33. The Morgan fingerprint density at radius 3 is 3.00 bits per heavy atom. The monoisotopic (exact) mass is 307 g/mol. The summed E-state index contributed by atoms with van der Waals surface area (Å²) in [7, 11) is 2.08. The van der Waals surface area contributed by atoms with Crippen LogP contribution in [0.15, 0.2) is 18.3 Å². The lowest BCUT2D eigenvalue weighted by Gasteiger charge is -2.35. The first-order valence-electron chi connectivity index (χ1n) is 8.00. The molecule has 5 heteroatoms. The minimum Gasteiger partial charge on any atom is -0.353 e. The molecule has 116 valence electrons. The molecule has 4 nitrogen and oxygen atoms in total. The van der Waals surface area contributed by atoms with Crippen molar-refractivity contribution in [2.75, 3.05) is 24.6 Å². The lowest BCUT2D eigenvalue weighted by atomic mass is 10.1. The van der Waals surface area contributed by atoms with E-state index in [-0.39, 0.29) is 12.1 Å². The Labute approximate surface area is 131 Å². The SMILES string of the molecule is Cn1cccc1C1CCCCCN1C(=O)C1CSCCN1. The molecule has 21 heavy (non-hydrogen) atoms. The molecule has 3 heterocycles. The van der Waals surface area contributed by atoms with E-state index >= 15 is 0 Å². The van der Waals surface area contributed by atoms with E-state index in [1.165, 1.54) is 18.5 Å². The molecule has 1 aromatic heterocycles. The molecule has 0 aliphatic carbocycles. The van der Waals surface area contributed by atoms with Gasteiger partial charge in [-0.25, -0.2) is 0 Å². The van der Waals surface area contributed by atoms with Crippen LogP contribution in [-0.4, -0.2) is 46.0 Å². The molecule has 2 aliphatic rings. The van der Waals surface area contributed by atoms with Crippen LogP contribution in [0.1, 0.15) is 37.4 Å². The van der Waals surface area contributed by atoms with E-state index in [0.29, 0.717) is 5.91 Å². The Morgan fingerprint density at radius 1 is 1.38 bits per heavy atom. The fraction of sp³-hybridized carbons (Fsp3) is 0.688. The van der Waals surface area contributed by atoms with E-state index in [1.54, 1.807) is 0 Å². The molecule has 2 fully saturated rings. The molecule has 2 aliphatic heterocycles. The molecule has 2 unspecified atom stereocenters. The average Bonchev–Trinajstić information content (AvgIpc) is 2.80. The predicted octanol–water partition coefficient (Wildman–Crippen LogP) is 2.17. The van der Waals surface area contributed by atoms with Gasteiger partial charge < -0.3 is 14.8 Å². The van der Waals surface area contributed by atoms with Gasteiger partial charge in [0.1, 0.15) is 0 Å². The molecule has 1 amide bonds. The summed E-state index contributed by atoms with van der Waals surface area (Å²) >= 11 is 1.89. The van der Waals surface area contributed by atoms with Crippen LogP contribution in [0, 0.1) is 0 Å². The van der Waals surface area contributed by atoms with E-state index in [2.05, 4.69) is 40.2 Å². The zero-order chi connectivity index (χ0) is 14.7. The smallest absolute Gasteiger partial charge is 0.241 e. The highest BCUT2D eigenvalue weighted by Crippen LogP contribution is 2.31. The lowest BCUT2D eigenvalue weighted by Crippen LogP contribution is -2.51. The number of likely N-dealkylation sites (tertiary alicyclic amines) is 1. The number of carbonyl (C=O) groups is 1. The van der Waals surface area contributed by atoms with Crippen molar-refractivity contribution in [3.8, 4) is 0 Å². The first kappa shape index (κ1) is 15.0. The van der Waals surface area contributed by atoms with Crippen molar-refractivity contribution in [1.82, 2.24) is 14.8 Å². The van der Waals surface area contributed by atoms with Crippen molar-refractivity contribution < 1.29 is 4.79 Å². The summed E-state index contributed by atoms with van der Waals surface area (Å²) in [5, 5.41) is 3.40. The van der Waals surface area contributed by atoms with E-state index in [0.717, 1.165) is 37.4 Å². The fourth-order valence-electron chi connectivity index (χ4n) is 3.42. The van der Waals surface area contributed by atoms with Crippen LogP contribution in [0.2, 0.25) is 0 Å². The lowest BCUT2D eigenvalue weighted by molar-refractivity contribution is -0.135. The van der Waals surface area contributed by atoms with E-state index < -0.39 is 0 Å².